The molecule has 0 aliphatic rings. The molecule has 20 heavy (non-hydrogen) atoms. The third-order valence-corrected chi connectivity index (χ3v) is 4.25. The lowest BCUT2D eigenvalue weighted by Crippen LogP contribution is -2.12. The molecule has 0 bridgehead atoms. The number of hydrogen-bond acceptors (Lipinski definition) is 2. The van der Waals surface area contributed by atoms with Gasteiger partial charge in [-0.2, -0.15) is 5.26 Å². The van der Waals surface area contributed by atoms with Crippen molar-refractivity contribution >= 4 is 44.3 Å². The maximum atomic E-state index is 12.1. The molecule has 0 N–H and O–H groups in total. The van der Waals surface area contributed by atoms with E-state index in [1.807, 2.05) is 36.4 Å². The summed E-state index contributed by atoms with van der Waals surface area (Å²) in [5.41, 5.74) is 2.22. The third-order valence-electron chi connectivity index (χ3n) is 3.05. The summed E-state index contributed by atoms with van der Waals surface area (Å²) in [7, 11) is 0. The van der Waals surface area contributed by atoms with Crippen LogP contribution >= 0.6 is 38.5 Å². The highest BCUT2D eigenvalue weighted by atomic mass is 127. The van der Waals surface area contributed by atoms with Crippen LogP contribution in [0.5, 0.6) is 0 Å². The maximum absolute atomic E-state index is 12.1. The molecule has 0 radical (unpaired) electrons. The Hall–Kier alpha value is -1.19. The molecule has 0 saturated carbocycles. The monoisotopic (exact) mass is 439 g/mol. The van der Waals surface area contributed by atoms with Crippen LogP contribution in [0.1, 0.15) is 29.5 Å². The van der Waals surface area contributed by atoms with Gasteiger partial charge in [0.2, 0.25) is 0 Å². The lowest BCUT2D eigenvalue weighted by Gasteiger charge is -2.16. The molecule has 0 saturated heterocycles. The number of nitriles is 1. The summed E-state index contributed by atoms with van der Waals surface area (Å²) in [4.78, 5) is 12.1. The number of rotatable bonds is 3. The summed E-state index contributed by atoms with van der Waals surface area (Å²) < 4.78 is 1.98. The zero-order valence-electron chi connectivity index (χ0n) is 10.7. The van der Waals surface area contributed by atoms with Gasteiger partial charge in [0.25, 0.3) is 0 Å². The Balaban J connectivity index is 2.60. The minimum Gasteiger partial charge on any atom is -0.299 e. The lowest BCUT2D eigenvalue weighted by atomic mass is 9.86. The maximum Gasteiger partial charge on any atom is 0.141 e. The summed E-state index contributed by atoms with van der Waals surface area (Å²) >= 11 is 5.58. The molecule has 2 rings (SSSR count). The van der Waals surface area contributed by atoms with E-state index >= 15 is 0 Å². The Labute approximate surface area is 140 Å². The van der Waals surface area contributed by atoms with Gasteiger partial charge in [-0.25, -0.2) is 0 Å². The average molecular weight is 440 g/mol. The second kappa shape index (κ2) is 6.51. The molecule has 0 spiro atoms. The molecule has 0 fully saturated rings. The number of Topliss-reactive ketones (excluding diaryl/α,β-unsaturated/α-hetero) is 1. The summed E-state index contributed by atoms with van der Waals surface area (Å²) in [6.07, 6.45) is 0. The van der Waals surface area contributed by atoms with Gasteiger partial charge in [0.05, 0.1) is 17.6 Å². The quantitative estimate of drug-likeness (QED) is 0.653. The van der Waals surface area contributed by atoms with Gasteiger partial charge in [0.1, 0.15) is 5.78 Å². The van der Waals surface area contributed by atoms with Crippen molar-refractivity contribution in [2.45, 2.75) is 12.8 Å². The van der Waals surface area contributed by atoms with Gasteiger partial charge in [-0.1, -0.05) is 28.1 Å². The largest absolute Gasteiger partial charge is 0.299 e. The molecule has 4 heteroatoms. The number of halogens is 2. The summed E-state index contributed by atoms with van der Waals surface area (Å²) in [6.45, 7) is 1.56. The molecular weight excluding hydrogens is 429 g/mol. The van der Waals surface area contributed by atoms with E-state index in [9.17, 15) is 10.1 Å². The molecule has 100 valence electrons. The van der Waals surface area contributed by atoms with Crippen LogP contribution in [0.2, 0.25) is 0 Å². The third kappa shape index (κ3) is 3.28. The first kappa shape index (κ1) is 15.2. The first-order valence-corrected chi connectivity index (χ1v) is 7.85. The van der Waals surface area contributed by atoms with Crippen LogP contribution in [0.25, 0.3) is 0 Å². The molecule has 0 heterocycles. The Bertz CT molecular complexity index is 689. The first-order valence-electron chi connectivity index (χ1n) is 5.98. The van der Waals surface area contributed by atoms with E-state index < -0.39 is 5.92 Å². The van der Waals surface area contributed by atoms with E-state index in [1.165, 1.54) is 0 Å². The smallest absolute Gasteiger partial charge is 0.141 e. The van der Waals surface area contributed by atoms with Crippen LogP contribution in [0.15, 0.2) is 46.9 Å². The fourth-order valence-corrected chi connectivity index (χ4v) is 2.94. The highest BCUT2D eigenvalue weighted by molar-refractivity contribution is 14.1. The van der Waals surface area contributed by atoms with Crippen molar-refractivity contribution in [3.05, 3.63) is 67.2 Å². The standard InChI is InChI=1S/C16H11BrINO/c1-10(20)16(11-2-5-13(17)6-3-11)15-8-14(18)7-4-12(15)9-19/h2-8,16H,1H3. The molecule has 0 aliphatic heterocycles. The predicted octanol–water partition coefficient (Wildman–Crippen LogP) is 4.65. The van der Waals surface area contributed by atoms with Crippen molar-refractivity contribution < 1.29 is 4.79 Å². The minimum atomic E-state index is -0.396. The van der Waals surface area contributed by atoms with Crippen LogP contribution < -0.4 is 0 Å². The number of carbonyl (C=O) groups excluding carboxylic acids is 1. The van der Waals surface area contributed by atoms with Crippen LogP contribution in [0, 0.1) is 14.9 Å². The molecule has 0 aliphatic carbocycles. The van der Waals surface area contributed by atoms with Crippen molar-refractivity contribution in [3.8, 4) is 6.07 Å². The molecule has 1 atom stereocenters. The van der Waals surface area contributed by atoms with Crippen molar-refractivity contribution in [2.24, 2.45) is 0 Å². The first-order chi connectivity index (χ1) is 9.52. The van der Waals surface area contributed by atoms with Crippen molar-refractivity contribution in [2.75, 3.05) is 0 Å². The van der Waals surface area contributed by atoms with Gasteiger partial charge in [-0.05, 0) is 71.0 Å². The number of nitrogens with zero attached hydrogens (tertiary/aromatic N) is 1. The molecule has 0 aromatic heterocycles. The number of ketones is 1. The SMILES string of the molecule is CC(=O)C(c1ccc(Br)cc1)c1cc(I)ccc1C#N. The highest BCUT2D eigenvalue weighted by Gasteiger charge is 2.22. The van der Waals surface area contributed by atoms with E-state index in [2.05, 4.69) is 44.6 Å². The fourth-order valence-electron chi connectivity index (χ4n) is 2.16. The Morgan fingerprint density at radius 2 is 1.90 bits per heavy atom. The van der Waals surface area contributed by atoms with E-state index in [0.29, 0.717) is 5.56 Å². The van der Waals surface area contributed by atoms with Gasteiger partial charge in [0.15, 0.2) is 0 Å². The summed E-state index contributed by atoms with van der Waals surface area (Å²) in [6, 6.07) is 15.4. The highest BCUT2D eigenvalue weighted by Crippen LogP contribution is 2.30. The molecule has 2 aromatic carbocycles. The van der Waals surface area contributed by atoms with Gasteiger partial charge in [0, 0.05) is 8.04 Å². The van der Waals surface area contributed by atoms with Crippen molar-refractivity contribution in [1.29, 1.82) is 5.26 Å². The van der Waals surface area contributed by atoms with E-state index in [1.54, 1.807) is 13.0 Å². The van der Waals surface area contributed by atoms with Crippen LogP contribution in [-0.2, 0) is 4.79 Å². The average Bonchev–Trinajstić information content (AvgIpc) is 2.41. The van der Waals surface area contributed by atoms with Gasteiger partial charge >= 0.3 is 0 Å². The van der Waals surface area contributed by atoms with Crippen LogP contribution in [0.3, 0.4) is 0 Å². The zero-order chi connectivity index (χ0) is 14.7. The molecule has 0 amide bonds. The summed E-state index contributed by atoms with van der Waals surface area (Å²) in [5.74, 6) is -0.363. The Morgan fingerprint density at radius 1 is 1.25 bits per heavy atom. The molecule has 2 nitrogen and oxygen atoms in total. The van der Waals surface area contributed by atoms with Crippen LogP contribution in [-0.4, -0.2) is 5.78 Å². The van der Waals surface area contributed by atoms with Gasteiger partial charge < -0.3 is 0 Å². The number of carbonyl (C=O) groups is 1. The zero-order valence-corrected chi connectivity index (χ0v) is 14.5. The second-order valence-corrected chi connectivity index (χ2v) is 6.60. The second-order valence-electron chi connectivity index (χ2n) is 4.44. The van der Waals surface area contributed by atoms with Gasteiger partial charge in [-0.15, -0.1) is 0 Å². The van der Waals surface area contributed by atoms with E-state index in [4.69, 9.17) is 0 Å². The topological polar surface area (TPSA) is 40.9 Å². The normalized spacial score (nSPS) is 11.7. The van der Waals surface area contributed by atoms with Crippen molar-refractivity contribution in [1.82, 2.24) is 0 Å². The Kier molecular flexibility index (Phi) is 4.95. The molecule has 2 aromatic rings. The number of benzene rings is 2. The molecule has 1 unspecified atom stereocenters. The van der Waals surface area contributed by atoms with E-state index in [-0.39, 0.29) is 5.78 Å². The van der Waals surface area contributed by atoms with Crippen molar-refractivity contribution in [3.63, 3.8) is 0 Å². The van der Waals surface area contributed by atoms with Gasteiger partial charge in [-0.3, -0.25) is 4.79 Å². The molecular formula is C16H11BrINO. The summed E-state index contributed by atoms with van der Waals surface area (Å²) in [5, 5.41) is 9.26. The predicted molar refractivity (Wildman–Crippen MR) is 90.5 cm³/mol. The Morgan fingerprint density at radius 3 is 2.45 bits per heavy atom. The lowest BCUT2D eigenvalue weighted by molar-refractivity contribution is -0.117. The number of hydrogen-bond donors (Lipinski definition) is 0. The minimum absolute atomic E-state index is 0.0332. The fraction of sp³-hybridized carbons (Fsp3) is 0.125. The van der Waals surface area contributed by atoms with E-state index in [0.717, 1.165) is 19.2 Å². The van der Waals surface area contributed by atoms with Crippen LogP contribution in [0.4, 0.5) is 0 Å².